The van der Waals surface area contributed by atoms with Gasteiger partial charge in [0.1, 0.15) is 11.3 Å². The molecule has 0 aliphatic rings. The summed E-state index contributed by atoms with van der Waals surface area (Å²) in [6, 6.07) is 11.2. The number of non-ortho nitro benzene ring substituents is 1. The number of aromatic nitrogens is 1. The molecule has 0 saturated heterocycles. The van der Waals surface area contributed by atoms with Crippen LogP contribution in [0, 0.1) is 10.1 Å². The minimum atomic E-state index is -0.528. The molecule has 3 aromatic rings. The van der Waals surface area contributed by atoms with E-state index in [2.05, 4.69) is 10.3 Å². The number of hydrogen-bond donors (Lipinski definition) is 2. The van der Waals surface area contributed by atoms with Crippen LogP contribution in [0.5, 0.6) is 5.75 Å². The molecule has 7 heteroatoms. The molecule has 2 aromatic carbocycles. The first kappa shape index (κ1) is 16.4. The van der Waals surface area contributed by atoms with Gasteiger partial charge in [-0.05, 0) is 30.2 Å². The summed E-state index contributed by atoms with van der Waals surface area (Å²) in [5.41, 5.74) is 1.69. The van der Waals surface area contributed by atoms with Crippen LogP contribution in [0.4, 0.5) is 11.4 Å². The van der Waals surface area contributed by atoms with Gasteiger partial charge in [-0.3, -0.25) is 19.9 Å². The quantitative estimate of drug-likeness (QED) is 0.558. The van der Waals surface area contributed by atoms with Crippen LogP contribution in [-0.4, -0.2) is 20.9 Å². The van der Waals surface area contributed by atoms with Crippen LogP contribution in [0.15, 0.2) is 48.7 Å². The number of carbonyl (C=O) groups is 1. The average Bonchev–Trinajstić information content (AvgIpc) is 2.62. The highest BCUT2D eigenvalue weighted by Crippen LogP contribution is 2.28. The summed E-state index contributed by atoms with van der Waals surface area (Å²) in [6.07, 6.45) is 1.82. The van der Waals surface area contributed by atoms with Crippen LogP contribution in [0.1, 0.15) is 22.8 Å². The van der Waals surface area contributed by atoms with Gasteiger partial charge < -0.3 is 10.4 Å². The molecule has 1 amide bonds. The van der Waals surface area contributed by atoms with Crippen LogP contribution in [0.25, 0.3) is 10.9 Å². The molecule has 25 heavy (non-hydrogen) atoms. The number of anilines is 1. The van der Waals surface area contributed by atoms with Gasteiger partial charge in [-0.25, -0.2) is 0 Å². The van der Waals surface area contributed by atoms with Crippen LogP contribution in [-0.2, 0) is 6.42 Å². The largest absolute Gasteiger partial charge is 0.506 e. The maximum absolute atomic E-state index is 12.5. The number of pyridine rings is 1. The maximum atomic E-state index is 12.5. The van der Waals surface area contributed by atoms with Crippen molar-refractivity contribution in [1.29, 1.82) is 0 Å². The van der Waals surface area contributed by atoms with E-state index in [0.717, 1.165) is 0 Å². The van der Waals surface area contributed by atoms with Gasteiger partial charge in [-0.15, -0.1) is 0 Å². The Kier molecular flexibility index (Phi) is 4.30. The zero-order valence-corrected chi connectivity index (χ0v) is 13.4. The van der Waals surface area contributed by atoms with Crippen molar-refractivity contribution in [1.82, 2.24) is 4.98 Å². The van der Waals surface area contributed by atoms with E-state index in [1.165, 1.54) is 24.4 Å². The molecule has 0 aliphatic carbocycles. The standard InChI is InChI=1S/C18H15N3O4/c1-2-11-9-12(21(24)25)7-8-15(11)20-18(23)14-10-19-16-6-4-3-5-13(16)17(14)22/h3-10H,2H2,1H3,(H,19,22)(H,20,23). The Morgan fingerprint density at radius 1 is 1.28 bits per heavy atom. The van der Waals surface area contributed by atoms with Gasteiger partial charge in [0, 0.05) is 29.4 Å². The summed E-state index contributed by atoms with van der Waals surface area (Å²) >= 11 is 0. The molecule has 2 N–H and O–H groups in total. The summed E-state index contributed by atoms with van der Waals surface area (Å²) in [6.45, 7) is 1.84. The molecule has 1 heterocycles. The number of para-hydroxylation sites is 1. The molecule has 0 saturated carbocycles. The lowest BCUT2D eigenvalue weighted by atomic mass is 10.1. The predicted octanol–water partition coefficient (Wildman–Crippen LogP) is 3.66. The van der Waals surface area contributed by atoms with Crippen LogP contribution in [0.3, 0.4) is 0 Å². The molecule has 0 fully saturated rings. The van der Waals surface area contributed by atoms with Crippen LogP contribution < -0.4 is 5.32 Å². The number of nitrogens with zero attached hydrogens (tertiary/aromatic N) is 2. The zero-order valence-electron chi connectivity index (χ0n) is 13.4. The second kappa shape index (κ2) is 6.56. The van der Waals surface area contributed by atoms with E-state index in [9.17, 15) is 20.0 Å². The molecule has 1 aromatic heterocycles. The summed E-state index contributed by atoms with van der Waals surface area (Å²) in [5.74, 6) is -0.678. The number of aromatic hydroxyl groups is 1. The van der Waals surface area contributed by atoms with E-state index in [-0.39, 0.29) is 17.0 Å². The molecular formula is C18H15N3O4. The topological polar surface area (TPSA) is 105 Å². The van der Waals surface area contributed by atoms with Gasteiger partial charge >= 0.3 is 0 Å². The number of rotatable bonds is 4. The number of benzene rings is 2. The fourth-order valence-corrected chi connectivity index (χ4v) is 2.59. The summed E-state index contributed by atoms with van der Waals surface area (Å²) < 4.78 is 0. The third kappa shape index (κ3) is 3.12. The highest BCUT2D eigenvalue weighted by atomic mass is 16.6. The third-order valence-corrected chi connectivity index (χ3v) is 3.92. The number of nitrogens with one attached hydrogen (secondary N) is 1. The Labute approximate surface area is 143 Å². The third-order valence-electron chi connectivity index (χ3n) is 3.92. The first-order valence-electron chi connectivity index (χ1n) is 7.66. The smallest absolute Gasteiger partial charge is 0.269 e. The van der Waals surface area contributed by atoms with Gasteiger partial charge in [0.2, 0.25) is 0 Å². The van der Waals surface area contributed by atoms with E-state index in [0.29, 0.717) is 28.6 Å². The van der Waals surface area contributed by atoms with Crippen molar-refractivity contribution in [2.24, 2.45) is 0 Å². The Hall–Kier alpha value is -3.48. The van der Waals surface area contributed by atoms with Gasteiger partial charge in [0.25, 0.3) is 11.6 Å². The maximum Gasteiger partial charge on any atom is 0.269 e. The minimum absolute atomic E-state index is 0.0370. The molecule has 0 atom stereocenters. The van der Waals surface area contributed by atoms with Gasteiger partial charge in [-0.2, -0.15) is 0 Å². The van der Waals surface area contributed by atoms with E-state index in [4.69, 9.17) is 0 Å². The Morgan fingerprint density at radius 2 is 2.04 bits per heavy atom. The van der Waals surface area contributed by atoms with Gasteiger partial charge in [0.05, 0.1) is 10.4 Å². The Morgan fingerprint density at radius 3 is 2.76 bits per heavy atom. The highest BCUT2D eigenvalue weighted by molar-refractivity contribution is 6.09. The van der Waals surface area contributed by atoms with Crippen molar-refractivity contribution in [3.05, 3.63) is 69.9 Å². The Balaban J connectivity index is 1.95. The predicted molar refractivity (Wildman–Crippen MR) is 93.8 cm³/mol. The van der Waals surface area contributed by atoms with Crippen molar-refractivity contribution in [2.45, 2.75) is 13.3 Å². The van der Waals surface area contributed by atoms with Gasteiger partial charge in [-0.1, -0.05) is 19.1 Å². The number of amides is 1. The zero-order chi connectivity index (χ0) is 18.0. The van der Waals surface area contributed by atoms with Crippen molar-refractivity contribution < 1.29 is 14.8 Å². The van der Waals surface area contributed by atoms with E-state index >= 15 is 0 Å². The summed E-state index contributed by atoms with van der Waals surface area (Å²) in [5, 5.41) is 24.4. The normalized spacial score (nSPS) is 10.6. The van der Waals surface area contributed by atoms with Crippen LogP contribution >= 0.6 is 0 Å². The molecule has 0 unspecified atom stereocenters. The minimum Gasteiger partial charge on any atom is -0.506 e. The molecule has 3 rings (SSSR count). The number of hydrogen-bond acceptors (Lipinski definition) is 5. The second-order valence-electron chi connectivity index (χ2n) is 5.44. The molecule has 0 aliphatic heterocycles. The van der Waals surface area contributed by atoms with Gasteiger partial charge in [0.15, 0.2) is 0 Å². The number of aryl methyl sites for hydroxylation is 1. The number of carbonyl (C=O) groups excluding carboxylic acids is 1. The van der Waals surface area contributed by atoms with Crippen molar-refractivity contribution in [2.75, 3.05) is 5.32 Å². The summed E-state index contributed by atoms with van der Waals surface area (Å²) in [4.78, 5) is 27.1. The molecule has 7 nitrogen and oxygen atoms in total. The monoisotopic (exact) mass is 337 g/mol. The molecule has 126 valence electrons. The fraction of sp³-hybridized carbons (Fsp3) is 0.111. The molecular weight excluding hydrogens is 322 g/mol. The lowest BCUT2D eigenvalue weighted by molar-refractivity contribution is -0.384. The lowest BCUT2D eigenvalue weighted by Gasteiger charge is -2.11. The molecule has 0 radical (unpaired) electrons. The average molecular weight is 337 g/mol. The summed E-state index contributed by atoms with van der Waals surface area (Å²) in [7, 11) is 0. The highest BCUT2D eigenvalue weighted by Gasteiger charge is 2.17. The number of nitro benzene ring substituents is 1. The molecule has 0 bridgehead atoms. The van der Waals surface area contributed by atoms with Crippen molar-refractivity contribution in [3.8, 4) is 5.75 Å². The number of nitro groups is 1. The van der Waals surface area contributed by atoms with E-state index in [1.807, 2.05) is 6.92 Å². The van der Waals surface area contributed by atoms with Crippen molar-refractivity contribution >= 4 is 28.2 Å². The number of fused-ring (bicyclic) bond motifs is 1. The first-order valence-corrected chi connectivity index (χ1v) is 7.66. The lowest BCUT2D eigenvalue weighted by Crippen LogP contribution is -2.14. The SMILES string of the molecule is CCc1cc([N+](=O)[O-])ccc1NC(=O)c1cnc2ccccc2c1O. The Bertz CT molecular complexity index is 985. The van der Waals surface area contributed by atoms with Crippen molar-refractivity contribution in [3.63, 3.8) is 0 Å². The second-order valence-corrected chi connectivity index (χ2v) is 5.44. The fourth-order valence-electron chi connectivity index (χ4n) is 2.59. The van der Waals surface area contributed by atoms with Crippen LogP contribution in [0.2, 0.25) is 0 Å². The molecule has 0 spiro atoms. The van der Waals surface area contributed by atoms with E-state index in [1.54, 1.807) is 24.3 Å². The van der Waals surface area contributed by atoms with E-state index < -0.39 is 10.8 Å². The first-order chi connectivity index (χ1) is 12.0.